The fraction of sp³-hybridized carbons (Fsp3) is 0.222. The van der Waals surface area contributed by atoms with Gasteiger partial charge in [0, 0.05) is 48.5 Å². The van der Waals surface area contributed by atoms with Crippen LogP contribution in [-0.4, -0.2) is 92.1 Å². The second-order valence-electron chi connectivity index (χ2n) is 20.7. The first-order chi connectivity index (χ1) is 42.3. The molecule has 0 N–H and O–H groups in total. The molecular weight excluding hydrogens is 1330 g/mol. The Morgan fingerprint density at radius 3 is 0.565 bits per heavy atom. The Morgan fingerprint density at radius 1 is 0.315 bits per heavy atom. The van der Waals surface area contributed by atoms with Gasteiger partial charge in [-0.05, 0) is 202 Å². The van der Waals surface area contributed by atoms with Gasteiger partial charge in [0.25, 0.3) is 22.7 Å². The average molecular weight is 1390 g/mol. The summed E-state index contributed by atoms with van der Waals surface area (Å²) in [6.07, 6.45) is 0. The predicted octanol–water partition coefficient (Wildman–Crippen LogP) is 8.43. The molecule has 0 spiro atoms. The first-order valence-corrected chi connectivity index (χ1v) is 30.1. The van der Waals surface area contributed by atoms with Crippen molar-refractivity contribution in [1.29, 1.82) is 0 Å². The topological polar surface area (TPSA) is 397 Å². The Labute approximate surface area is 546 Å². The van der Waals surface area contributed by atoms with E-state index >= 15 is 0 Å². The minimum atomic E-state index is -4.80. The molecule has 32 nitrogen and oxygen atoms in total. The maximum absolute atomic E-state index is 11.7. The number of phosphoric acid groups is 2. The van der Waals surface area contributed by atoms with Gasteiger partial charge in [-0.1, -0.05) is 0 Å². The van der Waals surface area contributed by atoms with E-state index in [0.717, 1.165) is 165 Å². The number of benzene rings is 4. The minimum Gasteiger partial charge on any atom is -0.736 e. The van der Waals surface area contributed by atoms with E-state index < -0.39 is 49.6 Å². The van der Waals surface area contributed by atoms with Gasteiger partial charge in [-0.3, -0.25) is 40.5 Å². The molecule has 0 atom stereocenters. The van der Waals surface area contributed by atoms with Gasteiger partial charge in [0.05, 0.1) is 53.9 Å². The second kappa shape index (κ2) is 31.0. The molecule has 0 saturated heterocycles. The molecule has 0 bridgehead atoms. The minimum absolute atomic E-state index is 0. The molecule has 10 aromatic rings. The van der Waals surface area contributed by atoms with Crippen molar-refractivity contribution in [2.24, 2.45) is 0 Å². The quantitative estimate of drug-likeness (QED) is 0.0336. The molecule has 0 aliphatic carbocycles. The van der Waals surface area contributed by atoms with Crippen molar-refractivity contribution < 1.29 is 89.7 Å². The van der Waals surface area contributed by atoms with Crippen LogP contribution in [0, 0.1) is 124 Å². The van der Waals surface area contributed by atoms with Crippen LogP contribution in [0.2, 0.25) is 0 Å². The van der Waals surface area contributed by atoms with Crippen molar-refractivity contribution in [2.45, 2.75) is 83.1 Å². The van der Waals surface area contributed by atoms with Gasteiger partial charge in [0.2, 0.25) is 0 Å². The number of aromatic nitrogens is 12. The van der Waals surface area contributed by atoms with Gasteiger partial charge in [-0.2, -0.15) is 0 Å². The molecule has 0 unspecified atom stereocenters. The van der Waals surface area contributed by atoms with E-state index in [9.17, 15) is 59.4 Å². The number of aryl methyl sites for hydroxylation is 12. The fourth-order valence-corrected chi connectivity index (χ4v) is 11.2. The average Bonchev–Trinajstić information content (AvgIpc) is 1.66. The van der Waals surface area contributed by atoms with Crippen LogP contribution in [0.4, 0.5) is 22.7 Å². The number of nitro benzene ring substituents is 4. The number of nitrogens with zero attached hydrogens (tertiary/aromatic N) is 16. The number of hydrogen-bond acceptors (Lipinski definition) is 22. The Kier molecular flexibility index (Phi) is 24.6. The number of rotatable bonds is 18. The van der Waals surface area contributed by atoms with Crippen molar-refractivity contribution >= 4 is 52.6 Å². The maximum Gasteiger partial charge on any atom is 2.00 e. The van der Waals surface area contributed by atoms with E-state index in [1.54, 1.807) is 0 Å². The summed E-state index contributed by atoms with van der Waals surface area (Å²) in [6.45, 7) is 24.6. The van der Waals surface area contributed by atoms with Crippen LogP contribution >= 0.6 is 15.6 Å². The Morgan fingerprint density at radius 2 is 0.457 bits per heavy atom. The molecule has 0 amide bonds. The molecule has 38 heteroatoms. The maximum atomic E-state index is 11.7. The second-order valence-corrected chi connectivity index (χ2v) is 23.2. The summed E-state index contributed by atoms with van der Waals surface area (Å²) in [5.74, 6) is -0.682. The van der Waals surface area contributed by atoms with E-state index in [2.05, 4.69) is 124 Å². The summed E-state index contributed by atoms with van der Waals surface area (Å²) in [5.41, 5.74) is 11.9. The van der Waals surface area contributed by atoms with Crippen molar-refractivity contribution in [3.8, 4) is 23.0 Å². The van der Waals surface area contributed by atoms with E-state index in [1.807, 2.05) is 41.5 Å². The van der Waals surface area contributed by atoms with E-state index in [1.165, 1.54) is 0 Å². The van der Waals surface area contributed by atoms with Crippen LogP contribution < -0.4 is 27.9 Å². The first-order valence-electron chi connectivity index (χ1n) is 27.2. The summed E-state index contributed by atoms with van der Waals surface area (Å²) in [7, 11) is -12.1. The van der Waals surface area contributed by atoms with E-state index in [-0.39, 0.29) is 78.7 Å². The summed E-state index contributed by atoms with van der Waals surface area (Å²) < 4.78 is 54.4. The third-order valence-corrected chi connectivity index (χ3v) is 15.0. The molecule has 0 fully saturated rings. The van der Waals surface area contributed by atoms with E-state index in [0.29, 0.717) is 0 Å². The molecule has 6 heterocycles. The van der Waals surface area contributed by atoms with Crippen LogP contribution in [0.25, 0.3) is 0 Å². The summed E-state index contributed by atoms with van der Waals surface area (Å²) in [4.78, 5) is 62.8. The van der Waals surface area contributed by atoms with Crippen LogP contribution in [0.15, 0.2) is 133 Å². The summed E-state index contributed by atoms with van der Waals surface area (Å²) in [6, 6.07) is 29.9. The predicted molar refractivity (Wildman–Crippen MR) is 327 cm³/mol. The number of non-ortho nitro benzene ring substituents is 4. The van der Waals surface area contributed by atoms with Crippen LogP contribution in [0.5, 0.6) is 23.0 Å². The first kappa shape index (κ1) is 73.2. The summed E-state index contributed by atoms with van der Waals surface area (Å²) in [5, 5.41) is 70.1. The number of nitro groups is 4. The molecular formula is C54H60B2N16Ni2O16P2. The van der Waals surface area contributed by atoms with Gasteiger partial charge < -0.3 is 55.4 Å². The van der Waals surface area contributed by atoms with Gasteiger partial charge in [0.15, 0.2) is 0 Å². The standard InChI is InChI=1S/2C15H22BN6.2C12H9N2O8P.2Ni/c2*1-10-7-13(4)20(17-10)16(21-14(5)8-11(2)18-21)22-15(6)9-12(3)19-22;2*15-13(16)9-1-5-11(6-2-9)21-23(19,20)22-12-7-3-10(4-8-12)14(17)18;;/h2*7-9,16H,1-6H3;2*1-8H,(H,19,20);;/q2*-1;;;2*+2/p-2. The fourth-order valence-electron chi connectivity index (χ4n) is 9.60. The van der Waals surface area contributed by atoms with Crippen LogP contribution in [0.1, 0.15) is 68.3 Å². The zero-order valence-corrected chi connectivity index (χ0v) is 55.1. The monoisotopic (exact) mass is 1390 g/mol. The van der Waals surface area contributed by atoms with Crippen LogP contribution in [0.3, 0.4) is 0 Å². The molecule has 0 aliphatic rings. The molecule has 0 aliphatic heterocycles. The smallest absolute Gasteiger partial charge is 0.736 e. The number of hydrogen-bond donors (Lipinski definition) is 0. The molecule has 92 heavy (non-hydrogen) atoms. The third-order valence-electron chi connectivity index (χ3n) is 13.3. The number of phosphoric ester groups is 2. The van der Waals surface area contributed by atoms with Crippen molar-refractivity contribution in [2.75, 3.05) is 0 Å². The van der Waals surface area contributed by atoms with Crippen molar-refractivity contribution in [3.63, 3.8) is 0 Å². The Hall–Kier alpha value is -9.56. The molecule has 488 valence electrons. The normalized spacial score (nSPS) is 11.0. The van der Waals surface area contributed by atoms with E-state index in [4.69, 9.17) is 30.6 Å². The molecule has 10 rings (SSSR count). The zero-order chi connectivity index (χ0) is 66.1. The van der Waals surface area contributed by atoms with Gasteiger partial charge >= 0.3 is 62.9 Å². The van der Waals surface area contributed by atoms with Crippen LogP contribution in [-0.2, 0) is 42.1 Å². The van der Waals surface area contributed by atoms with Gasteiger partial charge in [-0.25, -0.2) is 39.7 Å². The molecule has 6 aromatic heterocycles. The molecule has 0 saturated carbocycles. The largest absolute Gasteiger partial charge is 2.00 e. The summed E-state index contributed by atoms with van der Waals surface area (Å²) >= 11 is 0. The van der Waals surface area contributed by atoms with Gasteiger partial charge in [0.1, 0.15) is 23.0 Å². The SMILES string of the molecule is Cc1cc(C)n([BH-](n2nc(C)cc2C)n2nc(C)cc2C)n1.Cc1cc(C)n([BH-](n2nc(C)cc2C)n2nc(C)cc2C)n1.O=[N+]([O-])c1ccc(OP(=O)([O-])Oc2ccc([N+](=O)[O-])cc2)cc1.O=[N+]([O-])c1ccc(OP(=O)([O-])Oc2ccc([N+](=O)[O-])cc2)cc1.[Ni+2].[Ni+2]. The Bertz CT molecular complexity index is 3710. The van der Waals surface area contributed by atoms with Gasteiger partial charge in [-0.15, -0.1) is 0 Å². The van der Waals surface area contributed by atoms with Crippen molar-refractivity contribution in [1.82, 2.24) is 58.1 Å². The molecule has 4 aromatic carbocycles. The third kappa shape index (κ3) is 19.2. The zero-order valence-electron chi connectivity index (χ0n) is 51.3. The van der Waals surface area contributed by atoms with Crippen molar-refractivity contribution in [3.05, 3.63) is 242 Å². The Balaban J connectivity index is 0.000000221. The molecule has 0 radical (unpaired) electrons.